The van der Waals surface area contributed by atoms with Gasteiger partial charge in [0.15, 0.2) is 0 Å². The highest BCUT2D eigenvalue weighted by Gasteiger charge is 2.41. The number of likely N-dealkylation sites (tertiary alicyclic amines) is 1. The van der Waals surface area contributed by atoms with E-state index in [9.17, 15) is 0 Å². The van der Waals surface area contributed by atoms with Crippen molar-refractivity contribution in [3.63, 3.8) is 0 Å². The molecule has 0 saturated carbocycles. The Morgan fingerprint density at radius 1 is 1.24 bits per heavy atom. The standard InChI is InChI=1S/C14H28N2O/c1-12-5-3-8-16(13(12)2)14(11-15)6-4-9-17-10-7-14/h12-13H,3-11,15H2,1-2H3. The van der Waals surface area contributed by atoms with Gasteiger partial charge in [0.2, 0.25) is 0 Å². The van der Waals surface area contributed by atoms with Gasteiger partial charge in [-0.3, -0.25) is 4.90 Å². The highest BCUT2D eigenvalue weighted by atomic mass is 16.5. The topological polar surface area (TPSA) is 38.5 Å². The van der Waals surface area contributed by atoms with Gasteiger partial charge in [0.05, 0.1) is 0 Å². The molecule has 17 heavy (non-hydrogen) atoms. The Hall–Kier alpha value is -0.120. The first kappa shape index (κ1) is 13.3. The normalized spacial score (nSPS) is 41.1. The lowest BCUT2D eigenvalue weighted by atomic mass is 9.82. The monoisotopic (exact) mass is 240 g/mol. The van der Waals surface area contributed by atoms with E-state index in [1.807, 2.05) is 0 Å². The Morgan fingerprint density at radius 2 is 2.06 bits per heavy atom. The molecule has 100 valence electrons. The Kier molecular flexibility index (Phi) is 4.45. The highest BCUT2D eigenvalue weighted by Crippen LogP contribution is 2.35. The molecule has 2 heterocycles. The zero-order valence-electron chi connectivity index (χ0n) is 11.5. The van der Waals surface area contributed by atoms with E-state index in [0.717, 1.165) is 38.5 Å². The number of piperidine rings is 1. The molecule has 3 nitrogen and oxygen atoms in total. The summed E-state index contributed by atoms with van der Waals surface area (Å²) >= 11 is 0. The van der Waals surface area contributed by atoms with Crippen LogP contribution in [0.25, 0.3) is 0 Å². The molecule has 2 saturated heterocycles. The minimum Gasteiger partial charge on any atom is -0.381 e. The van der Waals surface area contributed by atoms with Gasteiger partial charge in [-0.25, -0.2) is 0 Å². The molecule has 2 fully saturated rings. The summed E-state index contributed by atoms with van der Waals surface area (Å²) in [5.41, 5.74) is 6.36. The second-order valence-corrected chi connectivity index (χ2v) is 5.95. The Labute approximate surface area is 106 Å². The summed E-state index contributed by atoms with van der Waals surface area (Å²) in [6.45, 7) is 8.58. The number of rotatable bonds is 2. The van der Waals surface area contributed by atoms with Gasteiger partial charge in [0.1, 0.15) is 0 Å². The average molecular weight is 240 g/mol. The molecule has 2 aliphatic rings. The lowest BCUT2D eigenvalue weighted by Gasteiger charge is -2.50. The zero-order valence-corrected chi connectivity index (χ0v) is 11.5. The highest BCUT2D eigenvalue weighted by molar-refractivity contribution is 4.97. The number of nitrogens with zero attached hydrogens (tertiary/aromatic N) is 1. The van der Waals surface area contributed by atoms with E-state index >= 15 is 0 Å². The lowest BCUT2D eigenvalue weighted by molar-refractivity contribution is -0.00791. The number of hydrogen-bond acceptors (Lipinski definition) is 3. The first-order valence-corrected chi connectivity index (χ1v) is 7.24. The molecule has 3 atom stereocenters. The third kappa shape index (κ3) is 2.67. The lowest BCUT2D eigenvalue weighted by Crippen LogP contribution is -2.60. The van der Waals surface area contributed by atoms with Crippen LogP contribution in [-0.4, -0.2) is 42.8 Å². The Bertz CT molecular complexity index is 236. The Morgan fingerprint density at radius 3 is 2.82 bits per heavy atom. The number of nitrogens with two attached hydrogens (primary N) is 1. The molecular weight excluding hydrogens is 212 g/mol. The predicted molar refractivity (Wildman–Crippen MR) is 71.0 cm³/mol. The SMILES string of the molecule is CC1CCCN(C2(CN)CCCOCC2)C1C. The molecule has 3 heteroatoms. The van der Waals surface area contributed by atoms with Crippen LogP contribution in [0.4, 0.5) is 0 Å². The molecule has 0 spiro atoms. The molecule has 0 bridgehead atoms. The van der Waals surface area contributed by atoms with E-state index < -0.39 is 0 Å². The summed E-state index contributed by atoms with van der Waals surface area (Å²) in [6.07, 6.45) is 6.18. The number of ether oxygens (including phenoxy) is 1. The first-order valence-electron chi connectivity index (χ1n) is 7.24. The van der Waals surface area contributed by atoms with Crippen LogP contribution in [0.2, 0.25) is 0 Å². The maximum atomic E-state index is 6.15. The van der Waals surface area contributed by atoms with Gasteiger partial charge in [0, 0.05) is 31.3 Å². The van der Waals surface area contributed by atoms with E-state index in [4.69, 9.17) is 10.5 Å². The summed E-state index contributed by atoms with van der Waals surface area (Å²) in [5.74, 6) is 0.802. The first-order chi connectivity index (χ1) is 8.19. The molecule has 0 aromatic rings. The van der Waals surface area contributed by atoms with Crippen molar-refractivity contribution in [1.29, 1.82) is 0 Å². The van der Waals surface area contributed by atoms with Crippen LogP contribution in [0.5, 0.6) is 0 Å². The van der Waals surface area contributed by atoms with Crippen molar-refractivity contribution in [2.45, 2.75) is 57.5 Å². The van der Waals surface area contributed by atoms with E-state index in [1.54, 1.807) is 0 Å². The summed E-state index contributed by atoms with van der Waals surface area (Å²) < 4.78 is 5.62. The van der Waals surface area contributed by atoms with E-state index in [-0.39, 0.29) is 5.54 Å². The van der Waals surface area contributed by atoms with Crippen molar-refractivity contribution >= 4 is 0 Å². The summed E-state index contributed by atoms with van der Waals surface area (Å²) in [5, 5.41) is 0. The van der Waals surface area contributed by atoms with Gasteiger partial charge in [-0.2, -0.15) is 0 Å². The maximum Gasteiger partial charge on any atom is 0.0484 e. The van der Waals surface area contributed by atoms with Crippen molar-refractivity contribution in [2.24, 2.45) is 11.7 Å². The molecule has 0 aromatic heterocycles. The zero-order chi connectivity index (χ0) is 12.3. The van der Waals surface area contributed by atoms with Crippen LogP contribution in [-0.2, 0) is 4.74 Å². The molecule has 0 aromatic carbocycles. The molecule has 2 aliphatic heterocycles. The fraction of sp³-hybridized carbons (Fsp3) is 1.00. The van der Waals surface area contributed by atoms with Crippen molar-refractivity contribution < 1.29 is 4.74 Å². The molecule has 2 N–H and O–H groups in total. The fourth-order valence-corrected chi connectivity index (χ4v) is 3.61. The summed E-state index contributed by atoms with van der Waals surface area (Å²) in [7, 11) is 0. The van der Waals surface area contributed by atoms with Crippen molar-refractivity contribution in [3.05, 3.63) is 0 Å². The third-order valence-electron chi connectivity index (χ3n) is 5.01. The third-order valence-corrected chi connectivity index (χ3v) is 5.01. The van der Waals surface area contributed by atoms with Gasteiger partial charge in [-0.05, 0) is 51.5 Å². The minimum absolute atomic E-state index is 0.213. The quantitative estimate of drug-likeness (QED) is 0.802. The number of hydrogen-bond donors (Lipinski definition) is 1. The van der Waals surface area contributed by atoms with Gasteiger partial charge in [0.25, 0.3) is 0 Å². The molecule has 2 rings (SSSR count). The largest absolute Gasteiger partial charge is 0.381 e. The van der Waals surface area contributed by atoms with Gasteiger partial charge in [-0.1, -0.05) is 6.92 Å². The van der Waals surface area contributed by atoms with Crippen LogP contribution in [0.1, 0.15) is 46.0 Å². The van der Waals surface area contributed by atoms with Crippen molar-refractivity contribution in [1.82, 2.24) is 4.90 Å². The summed E-state index contributed by atoms with van der Waals surface area (Å²) in [4.78, 5) is 2.70. The molecule has 0 radical (unpaired) electrons. The van der Waals surface area contributed by atoms with Gasteiger partial charge >= 0.3 is 0 Å². The predicted octanol–water partition coefficient (Wildman–Crippen LogP) is 2.00. The van der Waals surface area contributed by atoms with E-state index in [2.05, 4.69) is 18.7 Å². The van der Waals surface area contributed by atoms with Crippen molar-refractivity contribution in [2.75, 3.05) is 26.3 Å². The smallest absolute Gasteiger partial charge is 0.0484 e. The average Bonchev–Trinajstić information content (AvgIpc) is 2.59. The fourth-order valence-electron chi connectivity index (χ4n) is 3.61. The van der Waals surface area contributed by atoms with Crippen LogP contribution in [0.3, 0.4) is 0 Å². The van der Waals surface area contributed by atoms with Crippen LogP contribution in [0, 0.1) is 5.92 Å². The van der Waals surface area contributed by atoms with Crippen LogP contribution < -0.4 is 5.73 Å². The summed E-state index contributed by atoms with van der Waals surface area (Å²) in [6, 6.07) is 0.672. The van der Waals surface area contributed by atoms with E-state index in [1.165, 1.54) is 25.8 Å². The van der Waals surface area contributed by atoms with Gasteiger partial charge < -0.3 is 10.5 Å². The maximum absolute atomic E-state index is 6.15. The van der Waals surface area contributed by atoms with Gasteiger partial charge in [-0.15, -0.1) is 0 Å². The van der Waals surface area contributed by atoms with Crippen LogP contribution >= 0.6 is 0 Å². The van der Waals surface area contributed by atoms with Crippen molar-refractivity contribution in [3.8, 4) is 0 Å². The molecule has 0 amide bonds. The van der Waals surface area contributed by atoms with Crippen LogP contribution in [0.15, 0.2) is 0 Å². The molecule has 3 unspecified atom stereocenters. The van der Waals surface area contributed by atoms with E-state index in [0.29, 0.717) is 6.04 Å². The second kappa shape index (κ2) is 5.68. The molecule has 0 aliphatic carbocycles. The second-order valence-electron chi connectivity index (χ2n) is 5.95. The minimum atomic E-state index is 0.213. The Balaban J connectivity index is 2.14. The molecular formula is C14H28N2O.